The molecule has 0 aliphatic rings. The van der Waals surface area contributed by atoms with Crippen LogP contribution in [0.3, 0.4) is 0 Å². The molecule has 4 rings (SSSR count). The van der Waals surface area contributed by atoms with Crippen LogP contribution in [-0.2, 0) is 19.6 Å². The van der Waals surface area contributed by atoms with Crippen LogP contribution in [0.2, 0.25) is 0 Å². The molecule has 10 nitrogen and oxygen atoms in total. The Bertz CT molecular complexity index is 1660. The molecule has 2 amide bonds. The Kier molecular flexibility index (Phi) is 10.3. The molecule has 0 aliphatic heterocycles. The van der Waals surface area contributed by atoms with Crippen molar-refractivity contribution in [1.82, 2.24) is 5.43 Å². The van der Waals surface area contributed by atoms with Crippen molar-refractivity contribution in [1.29, 1.82) is 0 Å². The van der Waals surface area contributed by atoms with Crippen molar-refractivity contribution in [3.8, 4) is 11.5 Å². The van der Waals surface area contributed by atoms with Crippen LogP contribution < -0.4 is 24.5 Å². The number of benzene rings is 4. The maximum absolute atomic E-state index is 13.4. The molecule has 0 radical (unpaired) electrons. The quantitative estimate of drug-likeness (QED) is 0.167. The molecule has 0 fully saturated rings. The maximum Gasteiger partial charge on any atom is 0.264 e. The number of carbonyl (C=O) groups is 2. The minimum Gasteiger partial charge on any atom is -0.495 e. The predicted octanol–water partition coefficient (Wildman–Crippen LogP) is 4.82. The summed E-state index contributed by atoms with van der Waals surface area (Å²) in [5.41, 5.74) is 3.88. The van der Waals surface area contributed by atoms with Gasteiger partial charge < -0.3 is 14.8 Å². The molecular weight excluding hydrogens is 624 g/mol. The van der Waals surface area contributed by atoms with Crippen LogP contribution in [-0.4, -0.2) is 46.7 Å². The normalized spacial score (nSPS) is 11.1. The fourth-order valence-corrected chi connectivity index (χ4v) is 5.56. The van der Waals surface area contributed by atoms with Gasteiger partial charge in [0.1, 0.15) is 18.0 Å². The molecule has 42 heavy (non-hydrogen) atoms. The van der Waals surface area contributed by atoms with E-state index in [9.17, 15) is 18.0 Å². The van der Waals surface area contributed by atoms with Gasteiger partial charge in [0.15, 0.2) is 6.61 Å². The first kappa shape index (κ1) is 30.3. The fraction of sp³-hybridized carbons (Fsp3) is 0.100. The van der Waals surface area contributed by atoms with Gasteiger partial charge in [0, 0.05) is 4.47 Å². The molecule has 0 spiro atoms. The Hall–Kier alpha value is -4.68. The number of methoxy groups -OCH3 is 1. The summed E-state index contributed by atoms with van der Waals surface area (Å²) >= 11 is 3.35. The van der Waals surface area contributed by atoms with Gasteiger partial charge >= 0.3 is 0 Å². The molecule has 0 saturated carbocycles. The summed E-state index contributed by atoms with van der Waals surface area (Å²) in [4.78, 5) is 25.1. The third-order valence-electron chi connectivity index (χ3n) is 5.75. The van der Waals surface area contributed by atoms with Crippen molar-refractivity contribution in [2.75, 3.05) is 29.9 Å². The summed E-state index contributed by atoms with van der Waals surface area (Å²) in [6, 6.07) is 28.3. The van der Waals surface area contributed by atoms with Crippen LogP contribution in [0.4, 0.5) is 11.4 Å². The molecule has 12 heteroatoms. The minimum absolute atomic E-state index is 0.0564. The monoisotopic (exact) mass is 650 g/mol. The number of para-hydroxylation sites is 2. The maximum atomic E-state index is 13.4. The summed E-state index contributed by atoms with van der Waals surface area (Å²) in [5, 5.41) is 6.69. The van der Waals surface area contributed by atoms with Crippen LogP contribution in [0.5, 0.6) is 11.5 Å². The lowest BCUT2D eigenvalue weighted by atomic mass is 10.2. The molecule has 2 N–H and O–H groups in total. The van der Waals surface area contributed by atoms with Gasteiger partial charge in [-0.2, -0.15) is 5.10 Å². The van der Waals surface area contributed by atoms with Gasteiger partial charge in [0.2, 0.25) is 0 Å². The average Bonchev–Trinajstić information content (AvgIpc) is 3.00. The molecule has 0 aromatic heterocycles. The van der Waals surface area contributed by atoms with Crippen molar-refractivity contribution < 1.29 is 27.5 Å². The number of hydrazone groups is 1. The SMILES string of the molecule is COc1ccccc1NC(=O)COc1ccc(/C=N\NC(=O)CN(c2cccc(Br)c2)S(=O)(=O)c2ccccc2)cc1. The summed E-state index contributed by atoms with van der Waals surface area (Å²) in [6.07, 6.45) is 1.41. The van der Waals surface area contributed by atoms with Gasteiger partial charge in [0.05, 0.1) is 29.6 Å². The van der Waals surface area contributed by atoms with Gasteiger partial charge in [0.25, 0.3) is 21.8 Å². The van der Waals surface area contributed by atoms with Gasteiger partial charge in [-0.05, 0) is 72.3 Å². The van der Waals surface area contributed by atoms with Crippen LogP contribution in [0.15, 0.2) is 118 Å². The first-order chi connectivity index (χ1) is 20.3. The van der Waals surface area contributed by atoms with E-state index in [4.69, 9.17) is 9.47 Å². The highest BCUT2D eigenvalue weighted by molar-refractivity contribution is 9.10. The number of halogens is 1. The molecule has 4 aromatic carbocycles. The number of hydrogen-bond acceptors (Lipinski definition) is 7. The first-order valence-electron chi connectivity index (χ1n) is 12.6. The minimum atomic E-state index is -4.03. The number of nitrogens with one attached hydrogen (secondary N) is 2. The molecule has 0 atom stereocenters. The Morgan fingerprint density at radius 1 is 0.905 bits per heavy atom. The number of amides is 2. The molecule has 216 valence electrons. The van der Waals surface area contributed by atoms with Gasteiger partial charge in [-0.1, -0.05) is 52.3 Å². The Balaban J connectivity index is 1.34. The number of rotatable bonds is 12. The lowest BCUT2D eigenvalue weighted by Crippen LogP contribution is -2.39. The number of nitrogens with zero attached hydrogens (tertiary/aromatic N) is 2. The summed E-state index contributed by atoms with van der Waals surface area (Å²) in [5.74, 6) is 0.0215. The van der Waals surface area contributed by atoms with E-state index in [2.05, 4.69) is 31.8 Å². The van der Waals surface area contributed by atoms with Crippen molar-refractivity contribution in [3.05, 3.63) is 113 Å². The van der Waals surface area contributed by atoms with E-state index in [0.29, 0.717) is 32.9 Å². The third kappa shape index (κ3) is 8.18. The largest absolute Gasteiger partial charge is 0.495 e. The number of sulfonamides is 1. The lowest BCUT2D eigenvalue weighted by molar-refractivity contribution is -0.119. The fourth-order valence-electron chi connectivity index (χ4n) is 3.74. The molecule has 0 heterocycles. The molecule has 0 saturated heterocycles. The van der Waals surface area contributed by atoms with E-state index in [1.54, 1.807) is 91.0 Å². The van der Waals surface area contributed by atoms with Crippen molar-refractivity contribution in [2.24, 2.45) is 5.10 Å². The predicted molar refractivity (Wildman–Crippen MR) is 164 cm³/mol. The number of anilines is 2. The Morgan fingerprint density at radius 2 is 1.62 bits per heavy atom. The van der Waals surface area contributed by atoms with Crippen LogP contribution in [0, 0.1) is 0 Å². The van der Waals surface area contributed by atoms with E-state index >= 15 is 0 Å². The van der Waals surface area contributed by atoms with Crippen LogP contribution in [0.25, 0.3) is 0 Å². The van der Waals surface area contributed by atoms with Crippen molar-refractivity contribution >= 4 is 55.4 Å². The highest BCUT2D eigenvalue weighted by Gasteiger charge is 2.27. The first-order valence-corrected chi connectivity index (χ1v) is 14.8. The highest BCUT2D eigenvalue weighted by atomic mass is 79.9. The number of ether oxygens (including phenoxy) is 2. The summed E-state index contributed by atoms with van der Waals surface area (Å²) < 4.78 is 39.2. The Morgan fingerprint density at radius 3 is 2.33 bits per heavy atom. The second kappa shape index (κ2) is 14.3. The molecule has 0 aliphatic carbocycles. The zero-order valence-electron chi connectivity index (χ0n) is 22.4. The van der Waals surface area contributed by atoms with Crippen LogP contribution in [0.1, 0.15) is 5.56 Å². The molecular formula is C30H27BrN4O6S. The van der Waals surface area contributed by atoms with Gasteiger partial charge in [-0.3, -0.25) is 13.9 Å². The zero-order valence-corrected chi connectivity index (χ0v) is 24.8. The van der Waals surface area contributed by atoms with E-state index in [1.807, 2.05) is 0 Å². The highest BCUT2D eigenvalue weighted by Crippen LogP contribution is 2.26. The molecule has 4 aromatic rings. The number of carbonyl (C=O) groups excluding carboxylic acids is 2. The second-order valence-electron chi connectivity index (χ2n) is 8.70. The standard InChI is InChI=1S/C30H27BrN4O6S/c1-40-28-13-6-5-12-27(28)33-30(37)21-41-25-16-14-22(15-17-25)19-32-34-29(36)20-35(24-9-7-8-23(31)18-24)42(38,39)26-10-3-2-4-11-26/h2-19H,20-21H2,1H3,(H,33,37)(H,34,36)/b32-19-. The van der Waals surface area contributed by atoms with Gasteiger partial charge in [-0.15, -0.1) is 0 Å². The van der Waals surface area contributed by atoms with E-state index in [1.165, 1.54) is 25.5 Å². The smallest absolute Gasteiger partial charge is 0.264 e. The third-order valence-corrected chi connectivity index (χ3v) is 8.03. The van der Waals surface area contributed by atoms with E-state index < -0.39 is 22.5 Å². The zero-order chi connectivity index (χ0) is 30.0. The topological polar surface area (TPSA) is 126 Å². The average molecular weight is 652 g/mol. The van der Waals surface area contributed by atoms with Crippen molar-refractivity contribution in [2.45, 2.75) is 4.90 Å². The summed E-state index contributed by atoms with van der Waals surface area (Å²) in [6.45, 7) is -0.698. The van der Waals surface area contributed by atoms with Gasteiger partial charge in [-0.25, -0.2) is 13.8 Å². The second-order valence-corrected chi connectivity index (χ2v) is 11.5. The molecule has 0 bridgehead atoms. The Labute approximate surface area is 252 Å². The van der Waals surface area contributed by atoms with E-state index in [0.717, 1.165) is 4.31 Å². The summed E-state index contributed by atoms with van der Waals surface area (Å²) in [7, 11) is -2.51. The molecule has 0 unspecified atom stereocenters. The van der Waals surface area contributed by atoms with Crippen LogP contribution >= 0.6 is 15.9 Å². The number of hydrogen-bond donors (Lipinski definition) is 2. The lowest BCUT2D eigenvalue weighted by Gasteiger charge is -2.23. The van der Waals surface area contributed by atoms with E-state index in [-0.39, 0.29) is 17.4 Å². The van der Waals surface area contributed by atoms with Crippen molar-refractivity contribution in [3.63, 3.8) is 0 Å².